The number of carbonyl (C=O) groups excluding carboxylic acids is 1. The molecule has 0 N–H and O–H groups in total. The number of hydrogen-bond acceptors (Lipinski definition) is 2. The molecule has 0 aliphatic heterocycles. The van der Waals surface area contributed by atoms with E-state index < -0.39 is 0 Å². The lowest BCUT2D eigenvalue weighted by atomic mass is 10.0. The molecule has 1 aromatic heterocycles. The Morgan fingerprint density at radius 3 is 1.59 bits per heavy atom. The lowest BCUT2D eigenvalue weighted by Gasteiger charge is -2.05. The van der Waals surface area contributed by atoms with Gasteiger partial charge in [0.25, 0.3) is 0 Å². The number of carbonyl (C=O) groups is 1. The summed E-state index contributed by atoms with van der Waals surface area (Å²) in [7, 11) is 0. The molecule has 0 amide bonds. The van der Waals surface area contributed by atoms with Crippen LogP contribution in [0.3, 0.4) is 0 Å². The molecule has 0 fully saturated rings. The molecule has 0 aromatic carbocycles. The lowest BCUT2D eigenvalue weighted by molar-refractivity contribution is -0.697. The molecule has 0 bridgehead atoms. The highest BCUT2D eigenvalue weighted by molar-refractivity contribution is 5.86. The second-order valence-corrected chi connectivity index (χ2v) is 7.98. The van der Waals surface area contributed by atoms with Gasteiger partial charge < -0.3 is 17.1 Å². The number of aryl methyl sites for hydroxylation is 1. The molecule has 3 nitrogen and oxygen atoms in total. The van der Waals surface area contributed by atoms with Gasteiger partial charge >= 0.3 is 5.97 Å². The molecular weight excluding hydrogens is 382 g/mol. The predicted molar refractivity (Wildman–Crippen MR) is 117 cm³/mol. The summed E-state index contributed by atoms with van der Waals surface area (Å²) in [4.78, 5) is 11.2. The maximum Gasteiger partial charge on any atom is 0.333 e. The summed E-state index contributed by atoms with van der Waals surface area (Å²) >= 11 is 0. The van der Waals surface area contributed by atoms with Gasteiger partial charge in [0.2, 0.25) is 0 Å². The molecule has 1 rings (SSSR count). The van der Waals surface area contributed by atoms with Crippen LogP contribution in [0.5, 0.6) is 0 Å². The summed E-state index contributed by atoms with van der Waals surface area (Å²) in [6, 6.07) is 6.28. The average Bonchev–Trinajstić information content (AvgIpc) is 2.70. The van der Waals surface area contributed by atoms with E-state index in [2.05, 4.69) is 41.7 Å². The van der Waals surface area contributed by atoms with E-state index in [1.54, 1.807) is 6.92 Å². The Morgan fingerprint density at radius 2 is 1.14 bits per heavy atom. The Kier molecular flexibility index (Phi) is 19.0. The lowest BCUT2D eigenvalue weighted by Crippen LogP contribution is -3.00. The van der Waals surface area contributed by atoms with Gasteiger partial charge in [0.15, 0.2) is 12.4 Å². The number of unbranched alkanes of at least 4 members (excludes halogenated alkanes) is 13. The summed E-state index contributed by atoms with van der Waals surface area (Å²) < 4.78 is 7.37. The van der Waals surface area contributed by atoms with Gasteiger partial charge in [0.05, 0.1) is 6.61 Å². The van der Waals surface area contributed by atoms with Gasteiger partial charge in [-0.2, -0.15) is 0 Å². The predicted octanol–water partition coefficient (Wildman–Crippen LogP) is 3.56. The minimum Gasteiger partial charge on any atom is -1.00 e. The fourth-order valence-corrected chi connectivity index (χ4v) is 3.39. The van der Waals surface area contributed by atoms with Crippen molar-refractivity contribution in [2.24, 2.45) is 0 Å². The first-order valence-electron chi connectivity index (χ1n) is 11.5. The summed E-state index contributed by atoms with van der Waals surface area (Å²) in [6.07, 6.45) is 22.8. The minimum atomic E-state index is -0.258. The second-order valence-electron chi connectivity index (χ2n) is 7.98. The van der Waals surface area contributed by atoms with Crippen LogP contribution in [0.2, 0.25) is 0 Å². The van der Waals surface area contributed by atoms with Gasteiger partial charge in [-0.1, -0.05) is 83.3 Å². The first-order valence-corrected chi connectivity index (χ1v) is 11.5. The summed E-state index contributed by atoms with van der Waals surface area (Å²) in [5.41, 5.74) is 0.488. The molecule has 4 heteroatoms. The van der Waals surface area contributed by atoms with Crippen molar-refractivity contribution in [2.45, 2.75) is 103 Å². The topological polar surface area (TPSA) is 30.2 Å². The Morgan fingerprint density at radius 1 is 0.724 bits per heavy atom. The van der Waals surface area contributed by atoms with Crippen molar-refractivity contribution in [2.75, 3.05) is 6.61 Å². The van der Waals surface area contributed by atoms with Crippen LogP contribution in [0.25, 0.3) is 0 Å². The maximum atomic E-state index is 11.2. The van der Waals surface area contributed by atoms with Gasteiger partial charge in [0.1, 0.15) is 6.54 Å². The molecule has 0 unspecified atom stereocenters. The van der Waals surface area contributed by atoms with Crippen molar-refractivity contribution in [3.8, 4) is 0 Å². The number of ether oxygens (including phenoxy) is 1. The van der Waals surface area contributed by atoms with Crippen LogP contribution in [0, 0.1) is 0 Å². The number of hydrogen-bond donors (Lipinski definition) is 0. The summed E-state index contributed by atoms with van der Waals surface area (Å²) in [5.74, 6) is -0.258. The van der Waals surface area contributed by atoms with Crippen LogP contribution in [0.4, 0.5) is 0 Å². The normalized spacial score (nSPS) is 10.4. The molecule has 1 aromatic rings. The van der Waals surface area contributed by atoms with E-state index in [1.165, 1.54) is 77.0 Å². The molecule has 29 heavy (non-hydrogen) atoms. The number of esters is 1. The third-order valence-corrected chi connectivity index (χ3v) is 5.17. The molecule has 0 aliphatic carbocycles. The number of aromatic nitrogens is 1. The van der Waals surface area contributed by atoms with Crippen LogP contribution < -0.4 is 17.0 Å². The fraction of sp³-hybridized carbons (Fsp3) is 0.680. The highest BCUT2D eigenvalue weighted by Gasteiger charge is 2.02. The van der Waals surface area contributed by atoms with Gasteiger partial charge in [-0.05, 0) is 19.8 Å². The molecule has 0 saturated carbocycles. The van der Waals surface area contributed by atoms with Crippen molar-refractivity contribution >= 4 is 5.97 Å². The molecular formula is C25H42ClNO2. The molecule has 166 valence electrons. The van der Waals surface area contributed by atoms with Crippen molar-refractivity contribution in [3.63, 3.8) is 0 Å². The van der Waals surface area contributed by atoms with Crippen LogP contribution in [0.15, 0.2) is 42.7 Å². The van der Waals surface area contributed by atoms with E-state index in [1.807, 2.05) is 0 Å². The van der Waals surface area contributed by atoms with E-state index >= 15 is 0 Å². The van der Waals surface area contributed by atoms with E-state index in [0.29, 0.717) is 12.2 Å². The monoisotopic (exact) mass is 423 g/mol. The zero-order chi connectivity index (χ0) is 20.3. The van der Waals surface area contributed by atoms with E-state index in [-0.39, 0.29) is 18.4 Å². The van der Waals surface area contributed by atoms with Crippen molar-refractivity contribution < 1.29 is 26.5 Å². The van der Waals surface area contributed by atoms with Crippen molar-refractivity contribution in [1.82, 2.24) is 0 Å². The van der Waals surface area contributed by atoms with Crippen LogP contribution in [-0.2, 0) is 16.1 Å². The fourth-order valence-electron chi connectivity index (χ4n) is 3.39. The number of rotatable bonds is 18. The van der Waals surface area contributed by atoms with E-state index in [4.69, 9.17) is 4.74 Å². The van der Waals surface area contributed by atoms with Gasteiger partial charge in [-0.25, -0.2) is 9.36 Å². The van der Waals surface area contributed by atoms with Crippen LogP contribution in [-0.4, -0.2) is 12.6 Å². The largest absolute Gasteiger partial charge is 1.00 e. The Bertz CT molecular complexity index is 519. The zero-order valence-electron chi connectivity index (χ0n) is 18.5. The zero-order valence-corrected chi connectivity index (χ0v) is 19.3. The number of halogens is 1. The first-order chi connectivity index (χ1) is 13.7. The Balaban J connectivity index is 0.00000784. The molecule has 0 atom stereocenters. The standard InChI is InChI=1S/C25H42NO2.ClH/c1-24(2)25(27)28-23-19-14-12-10-8-6-4-3-5-7-9-11-13-16-20-26-21-17-15-18-22-26;/h15,17-18,21-22H,1,3-14,16,19-20,23H2,2H3;1H/q+1;/p-1. The van der Waals surface area contributed by atoms with E-state index in [0.717, 1.165) is 19.4 Å². The van der Waals surface area contributed by atoms with Crippen molar-refractivity contribution in [3.05, 3.63) is 42.7 Å². The third-order valence-electron chi connectivity index (χ3n) is 5.17. The van der Waals surface area contributed by atoms with Gasteiger partial charge in [0, 0.05) is 24.1 Å². The summed E-state index contributed by atoms with van der Waals surface area (Å²) in [5, 5.41) is 0. The second kappa shape index (κ2) is 19.9. The highest BCUT2D eigenvalue weighted by atomic mass is 35.5. The summed E-state index contributed by atoms with van der Waals surface area (Å²) in [6.45, 7) is 6.96. The SMILES string of the molecule is C=C(C)C(=O)OCCCCCCCCCCCCCCCC[n+]1ccccc1.[Cl-]. The first kappa shape index (κ1) is 27.6. The Hall–Kier alpha value is -1.35. The van der Waals surface area contributed by atoms with Crippen molar-refractivity contribution in [1.29, 1.82) is 0 Å². The molecule has 0 aliphatic rings. The number of nitrogens with zero attached hydrogens (tertiary/aromatic N) is 1. The van der Waals surface area contributed by atoms with E-state index in [9.17, 15) is 4.79 Å². The van der Waals surface area contributed by atoms with Crippen LogP contribution in [0.1, 0.15) is 96.8 Å². The molecule has 1 heterocycles. The molecule has 0 spiro atoms. The Labute approximate surface area is 185 Å². The van der Waals surface area contributed by atoms with Gasteiger partial charge in [-0.15, -0.1) is 0 Å². The number of pyridine rings is 1. The highest BCUT2D eigenvalue weighted by Crippen LogP contribution is 2.13. The molecule has 0 saturated heterocycles. The van der Waals surface area contributed by atoms with Crippen LogP contribution >= 0.6 is 0 Å². The quantitative estimate of drug-likeness (QED) is 0.156. The average molecular weight is 424 g/mol. The smallest absolute Gasteiger partial charge is 0.333 e. The molecule has 0 radical (unpaired) electrons. The maximum absolute atomic E-state index is 11.2. The minimum absolute atomic E-state index is 0. The third kappa shape index (κ3) is 17.2. The van der Waals surface area contributed by atoms with Gasteiger partial charge in [-0.3, -0.25) is 0 Å².